The van der Waals surface area contributed by atoms with Crippen LogP contribution in [0.5, 0.6) is 0 Å². The molecule has 0 spiro atoms. The number of aliphatic carboxylic acids is 1. The minimum atomic E-state index is -3.79. The number of hydrogen-bond donors (Lipinski definition) is 1. The fourth-order valence-corrected chi connectivity index (χ4v) is 7.44. The number of hydrogen-bond acceptors (Lipinski definition) is 5. The average Bonchev–Trinajstić information content (AvgIpc) is 3.27. The number of thioether (sulfide) groups is 1. The van der Waals surface area contributed by atoms with Crippen molar-refractivity contribution in [2.45, 2.75) is 35.7 Å². The molecule has 1 aromatic heterocycles. The molecule has 1 unspecified atom stereocenters. The number of carbonyl (C=O) groups is 1. The summed E-state index contributed by atoms with van der Waals surface area (Å²) in [5.41, 5.74) is 3.18. The molecule has 2 aromatic carbocycles. The lowest BCUT2D eigenvalue weighted by atomic mass is 10.0. The van der Waals surface area contributed by atoms with Crippen LogP contribution >= 0.6 is 23.1 Å². The first-order valence-corrected chi connectivity index (χ1v) is 13.0. The molecule has 4 rings (SSSR count). The zero-order valence-corrected chi connectivity index (χ0v) is 19.0. The van der Waals surface area contributed by atoms with Gasteiger partial charge in [0.05, 0.1) is 11.4 Å². The first-order chi connectivity index (χ1) is 14.3. The van der Waals surface area contributed by atoms with Crippen molar-refractivity contribution in [1.82, 2.24) is 4.31 Å². The van der Waals surface area contributed by atoms with Gasteiger partial charge in [0, 0.05) is 14.6 Å². The maximum Gasteiger partial charge on any atom is 0.322 e. The van der Waals surface area contributed by atoms with Crippen LogP contribution in [0, 0.1) is 0 Å². The van der Waals surface area contributed by atoms with Gasteiger partial charge in [-0.05, 0) is 47.6 Å². The second-order valence-electron chi connectivity index (χ2n) is 7.02. The minimum absolute atomic E-state index is 0.118. The topological polar surface area (TPSA) is 74.7 Å². The molecule has 1 aliphatic rings. The Balaban J connectivity index is 1.60. The summed E-state index contributed by atoms with van der Waals surface area (Å²) in [7, 11) is -3.79. The van der Waals surface area contributed by atoms with Gasteiger partial charge in [0.1, 0.15) is 6.04 Å². The van der Waals surface area contributed by atoms with E-state index in [0.29, 0.717) is 4.88 Å². The van der Waals surface area contributed by atoms with Crippen LogP contribution in [0.15, 0.2) is 64.4 Å². The van der Waals surface area contributed by atoms with Gasteiger partial charge in [0.15, 0.2) is 0 Å². The number of sulfonamides is 1. The summed E-state index contributed by atoms with van der Waals surface area (Å²) < 4.78 is 26.9. The number of rotatable bonds is 6. The minimum Gasteiger partial charge on any atom is -0.480 e. The van der Waals surface area contributed by atoms with E-state index in [4.69, 9.17) is 0 Å². The third-order valence-corrected chi connectivity index (χ3v) is 9.23. The SMILES string of the molecule is CCC(C(=O)O)N1Cc2sc(-c3ccc(-c4ccc(SC)cc4)cc3)cc2S1(=O)=O. The molecule has 1 N–H and O–H groups in total. The molecule has 0 fully saturated rings. The van der Waals surface area contributed by atoms with Gasteiger partial charge < -0.3 is 5.11 Å². The summed E-state index contributed by atoms with van der Waals surface area (Å²) >= 11 is 3.12. The highest BCUT2D eigenvalue weighted by Gasteiger charge is 2.42. The Kier molecular flexibility index (Phi) is 5.76. The average molecular weight is 460 g/mol. The molecular formula is C22H21NO4S3. The number of fused-ring (bicyclic) bond motifs is 1. The monoisotopic (exact) mass is 459 g/mol. The Morgan fingerprint density at radius 2 is 1.67 bits per heavy atom. The lowest BCUT2D eigenvalue weighted by molar-refractivity contribution is -0.141. The van der Waals surface area contributed by atoms with Gasteiger partial charge in [-0.3, -0.25) is 4.79 Å². The molecule has 2 heterocycles. The normalized spacial score (nSPS) is 16.3. The molecule has 0 saturated heterocycles. The van der Waals surface area contributed by atoms with Crippen LogP contribution in [0.25, 0.3) is 21.6 Å². The van der Waals surface area contributed by atoms with E-state index >= 15 is 0 Å². The third kappa shape index (κ3) is 3.69. The van der Waals surface area contributed by atoms with E-state index in [2.05, 4.69) is 24.3 Å². The fourth-order valence-electron chi connectivity index (χ4n) is 3.63. The van der Waals surface area contributed by atoms with Crippen molar-refractivity contribution in [2.75, 3.05) is 6.26 Å². The van der Waals surface area contributed by atoms with Gasteiger partial charge in [0.2, 0.25) is 10.0 Å². The smallest absolute Gasteiger partial charge is 0.322 e. The molecule has 0 saturated carbocycles. The van der Waals surface area contributed by atoms with Crippen molar-refractivity contribution < 1.29 is 18.3 Å². The lowest BCUT2D eigenvalue weighted by Crippen LogP contribution is -2.40. The summed E-state index contributed by atoms with van der Waals surface area (Å²) in [6, 6.07) is 17.1. The van der Waals surface area contributed by atoms with Crippen LogP contribution in [0.2, 0.25) is 0 Å². The molecule has 0 aliphatic carbocycles. The highest BCUT2D eigenvalue weighted by atomic mass is 32.2. The molecular weight excluding hydrogens is 438 g/mol. The summed E-state index contributed by atoms with van der Waals surface area (Å²) in [4.78, 5) is 14.5. The standard InChI is InChI=1S/C22H21NO4S3/c1-3-18(22(24)25)23-13-20-21(30(23,26)27)12-19(29-20)16-6-4-14(5-7-16)15-8-10-17(28-2)11-9-15/h4-12,18H,3,13H2,1-2H3,(H,24,25). The Morgan fingerprint density at radius 3 is 2.17 bits per heavy atom. The van der Waals surface area contributed by atoms with Crippen LogP contribution in [0.1, 0.15) is 18.2 Å². The van der Waals surface area contributed by atoms with Crippen LogP contribution in [-0.2, 0) is 21.4 Å². The first kappa shape index (κ1) is 21.1. The summed E-state index contributed by atoms with van der Waals surface area (Å²) in [5.74, 6) is -1.11. The molecule has 1 atom stereocenters. The lowest BCUT2D eigenvalue weighted by Gasteiger charge is -2.21. The zero-order chi connectivity index (χ0) is 21.5. The number of carboxylic acids is 1. The Labute approximate surface area is 184 Å². The van der Waals surface area contributed by atoms with E-state index in [9.17, 15) is 18.3 Å². The Hall–Kier alpha value is -2.13. The van der Waals surface area contributed by atoms with Crippen molar-refractivity contribution in [2.24, 2.45) is 0 Å². The summed E-state index contributed by atoms with van der Waals surface area (Å²) in [6.07, 6.45) is 2.28. The molecule has 156 valence electrons. The van der Waals surface area contributed by atoms with Gasteiger partial charge in [-0.15, -0.1) is 23.1 Å². The van der Waals surface area contributed by atoms with Crippen molar-refractivity contribution in [1.29, 1.82) is 0 Å². The van der Waals surface area contributed by atoms with Crippen molar-refractivity contribution >= 4 is 39.1 Å². The molecule has 5 nitrogen and oxygen atoms in total. The van der Waals surface area contributed by atoms with E-state index in [1.165, 1.54) is 16.2 Å². The third-order valence-electron chi connectivity index (χ3n) is 5.27. The predicted molar refractivity (Wildman–Crippen MR) is 121 cm³/mol. The molecule has 0 radical (unpaired) electrons. The molecule has 1 aliphatic heterocycles. The van der Waals surface area contributed by atoms with Crippen molar-refractivity contribution in [3.05, 3.63) is 59.5 Å². The fraction of sp³-hybridized carbons (Fsp3) is 0.227. The van der Waals surface area contributed by atoms with Crippen molar-refractivity contribution in [3.8, 4) is 21.6 Å². The van der Waals surface area contributed by atoms with Gasteiger partial charge in [-0.2, -0.15) is 4.31 Å². The number of benzene rings is 2. The zero-order valence-electron chi connectivity index (χ0n) is 16.5. The van der Waals surface area contributed by atoms with E-state index in [1.54, 1.807) is 24.8 Å². The number of nitrogens with zero attached hydrogens (tertiary/aromatic N) is 1. The number of thiophene rings is 1. The van der Waals surface area contributed by atoms with Crippen LogP contribution < -0.4 is 0 Å². The molecule has 30 heavy (non-hydrogen) atoms. The van der Waals surface area contributed by atoms with E-state index in [1.807, 2.05) is 30.5 Å². The molecule has 3 aromatic rings. The largest absolute Gasteiger partial charge is 0.480 e. The Bertz CT molecular complexity index is 1180. The summed E-state index contributed by atoms with van der Waals surface area (Å²) in [5, 5.41) is 9.36. The quantitative estimate of drug-likeness (QED) is 0.515. The maximum absolute atomic E-state index is 12.9. The molecule has 0 amide bonds. The van der Waals surface area contributed by atoms with E-state index < -0.39 is 22.0 Å². The molecule has 8 heteroatoms. The van der Waals surface area contributed by atoms with Crippen LogP contribution in [0.3, 0.4) is 0 Å². The second-order valence-corrected chi connectivity index (χ2v) is 10.9. The first-order valence-electron chi connectivity index (χ1n) is 9.47. The summed E-state index contributed by atoms with van der Waals surface area (Å²) in [6.45, 7) is 1.80. The second kappa shape index (κ2) is 8.19. The van der Waals surface area contributed by atoms with Gasteiger partial charge in [0.25, 0.3) is 0 Å². The number of carboxylic acid groups (broad SMARTS) is 1. The predicted octanol–water partition coefficient (Wildman–Crippen LogP) is 5.17. The van der Waals surface area contributed by atoms with Gasteiger partial charge >= 0.3 is 5.97 Å². The van der Waals surface area contributed by atoms with E-state index in [0.717, 1.165) is 25.9 Å². The van der Waals surface area contributed by atoms with Crippen LogP contribution in [-0.4, -0.2) is 36.1 Å². The van der Waals surface area contributed by atoms with Gasteiger partial charge in [-0.25, -0.2) is 8.42 Å². The van der Waals surface area contributed by atoms with Crippen molar-refractivity contribution in [3.63, 3.8) is 0 Å². The highest BCUT2D eigenvalue weighted by molar-refractivity contribution is 7.98. The van der Waals surface area contributed by atoms with Gasteiger partial charge in [-0.1, -0.05) is 43.3 Å². The van der Waals surface area contributed by atoms with E-state index in [-0.39, 0.29) is 17.9 Å². The molecule has 0 bridgehead atoms. The highest BCUT2D eigenvalue weighted by Crippen LogP contribution is 2.42. The van der Waals surface area contributed by atoms with Crippen LogP contribution in [0.4, 0.5) is 0 Å². The Morgan fingerprint density at radius 1 is 1.10 bits per heavy atom. The maximum atomic E-state index is 12.9.